The second-order valence-electron chi connectivity index (χ2n) is 7.35. The molecule has 1 aliphatic rings. The van der Waals surface area contributed by atoms with E-state index in [-0.39, 0.29) is 0 Å². The summed E-state index contributed by atoms with van der Waals surface area (Å²) in [6.45, 7) is 10.5. The molecule has 1 saturated carbocycles. The average molecular weight is 255 g/mol. The van der Waals surface area contributed by atoms with Gasteiger partial charge in [-0.3, -0.25) is 9.69 Å². The van der Waals surface area contributed by atoms with Crippen LogP contribution in [0.5, 0.6) is 0 Å². The molecule has 1 rings (SSSR count). The smallest absolute Gasteiger partial charge is 0.323 e. The molecule has 0 atom stereocenters. The minimum Gasteiger partial charge on any atom is -0.480 e. The Bertz CT molecular complexity index is 296. The Kier molecular flexibility index (Phi) is 4.47. The number of carbonyl (C=O) groups is 1. The molecule has 3 nitrogen and oxygen atoms in total. The highest BCUT2D eigenvalue weighted by Crippen LogP contribution is 2.39. The Labute approximate surface area is 112 Å². The zero-order valence-electron chi connectivity index (χ0n) is 12.8. The molecule has 106 valence electrons. The van der Waals surface area contributed by atoms with Crippen molar-refractivity contribution in [3.8, 4) is 0 Å². The first-order valence-electron chi connectivity index (χ1n) is 7.03. The molecule has 0 unspecified atom stereocenters. The SMILES string of the molecule is CN(C1CCC(C(C)(C)C)CC1)C(C)(C)C(=O)O. The van der Waals surface area contributed by atoms with Crippen molar-refractivity contribution in [2.75, 3.05) is 7.05 Å². The molecule has 0 bridgehead atoms. The minimum atomic E-state index is -0.765. The molecule has 0 heterocycles. The number of rotatable bonds is 3. The summed E-state index contributed by atoms with van der Waals surface area (Å²) >= 11 is 0. The first-order chi connectivity index (χ1) is 8.06. The van der Waals surface area contributed by atoms with E-state index in [1.54, 1.807) is 13.8 Å². The Balaban J connectivity index is 2.61. The normalized spacial score (nSPS) is 26.4. The lowest BCUT2D eigenvalue weighted by atomic mass is 9.71. The van der Waals surface area contributed by atoms with Gasteiger partial charge in [0.05, 0.1) is 0 Å². The van der Waals surface area contributed by atoms with Crippen LogP contribution in [-0.2, 0) is 4.79 Å². The van der Waals surface area contributed by atoms with Crippen molar-refractivity contribution in [2.45, 2.75) is 71.9 Å². The lowest BCUT2D eigenvalue weighted by Crippen LogP contribution is -2.53. The van der Waals surface area contributed by atoms with Crippen LogP contribution >= 0.6 is 0 Å². The first kappa shape index (κ1) is 15.5. The standard InChI is InChI=1S/C15H29NO2/c1-14(2,3)11-7-9-12(10-8-11)16(6)15(4,5)13(17)18/h11-12H,7-10H2,1-6H3,(H,17,18). The van der Waals surface area contributed by atoms with E-state index in [0.29, 0.717) is 11.5 Å². The highest BCUT2D eigenvalue weighted by atomic mass is 16.4. The zero-order chi connectivity index (χ0) is 14.1. The van der Waals surface area contributed by atoms with Gasteiger partial charge in [0.2, 0.25) is 0 Å². The number of hydrogen-bond acceptors (Lipinski definition) is 2. The quantitative estimate of drug-likeness (QED) is 0.840. The van der Waals surface area contributed by atoms with Gasteiger partial charge in [0.15, 0.2) is 0 Å². The number of nitrogens with zero attached hydrogens (tertiary/aromatic N) is 1. The molecule has 0 aliphatic heterocycles. The van der Waals surface area contributed by atoms with Crippen LogP contribution in [0, 0.1) is 11.3 Å². The van der Waals surface area contributed by atoms with E-state index in [1.165, 1.54) is 12.8 Å². The molecule has 3 heteroatoms. The minimum absolute atomic E-state index is 0.381. The molecule has 0 radical (unpaired) electrons. The van der Waals surface area contributed by atoms with Crippen LogP contribution in [0.3, 0.4) is 0 Å². The number of carboxylic acids is 1. The van der Waals surface area contributed by atoms with Gasteiger partial charge < -0.3 is 5.11 Å². The molecule has 1 N–H and O–H groups in total. The predicted octanol–water partition coefficient (Wildman–Crippen LogP) is 3.39. The molecule has 0 spiro atoms. The number of carboxylic acid groups (broad SMARTS) is 1. The lowest BCUT2D eigenvalue weighted by molar-refractivity contribution is -0.150. The molecule has 1 aliphatic carbocycles. The van der Waals surface area contributed by atoms with Gasteiger partial charge in [-0.1, -0.05) is 20.8 Å². The van der Waals surface area contributed by atoms with Crippen molar-refractivity contribution in [3.05, 3.63) is 0 Å². The summed E-state index contributed by atoms with van der Waals surface area (Å²) in [5.74, 6) is 0.0398. The summed E-state index contributed by atoms with van der Waals surface area (Å²) in [7, 11) is 1.95. The molecule has 0 amide bonds. The molecule has 0 aromatic rings. The average Bonchev–Trinajstić information content (AvgIpc) is 2.26. The van der Waals surface area contributed by atoms with Crippen molar-refractivity contribution in [1.29, 1.82) is 0 Å². The molecular formula is C15H29NO2. The molecule has 1 fully saturated rings. The largest absolute Gasteiger partial charge is 0.480 e. The van der Waals surface area contributed by atoms with Gasteiger partial charge in [-0.25, -0.2) is 0 Å². The van der Waals surface area contributed by atoms with Crippen molar-refractivity contribution < 1.29 is 9.90 Å². The highest BCUT2D eigenvalue weighted by molar-refractivity contribution is 5.77. The molecule has 18 heavy (non-hydrogen) atoms. The van der Waals surface area contributed by atoms with Crippen LogP contribution in [0.25, 0.3) is 0 Å². The monoisotopic (exact) mass is 255 g/mol. The molecule has 0 aromatic carbocycles. The van der Waals surface area contributed by atoms with Crippen molar-refractivity contribution in [3.63, 3.8) is 0 Å². The summed E-state index contributed by atoms with van der Waals surface area (Å²) in [6.07, 6.45) is 4.67. The Morgan fingerprint density at radius 2 is 1.50 bits per heavy atom. The molecule has 0 aromatic heterocycles. The summed E-state index contributed by atoms with van der Waals surface area (Å²) in [4.78, 5) is 13.3. The van der Waals surface area contributed by atoms with Crippen LogP contribution < -0.4 is 0 Å². The fourth-order valence-corrected chi connectivity index (χ4v) is 2.94. The Morgan fingerprint density at radius 1 is 1.06 bits per heavy atom. The van der Waals surface area contributed by atoms with Gasteiger partial charge in [-0.05, 0) is 57.9 Å². The first-order valence-corrected chi connectivity index (χ1v) is 7.03. The fourth-order valence-electron chi connectivity index (χ4n) is 2.94. The lowest BCUT2D eigenvalue weighted by Gasteiger charge is -2.44. The van der Waals surface area contributed by atoms with Crippen LogP contribution in [0.4, 0.5) is 0 Å². The second kappa shape index (κ2) is 5.20. The number of likely N-dealkylation sites (N-methyl/N-ethyl adjacent to an activating group) is 1. The topological polar surface area (TPSA) is 40.5 Å². The fraction of sp³-hybridized carbons (Fsp3) is 0.933. The third kappa shape index (κ3) is 3.25. The summed E-state index contributed by atoms with van der Waals surface area (Å²) < 4.78 is 0. The Hall–Kier alpha value is -0.570. The zero-order valence-corrected chi connectivity index (χ0v) is 12.8. The van der Waals surface area contributed by atoms with Gasteiger partial charge in [-0.2, -0.15) is 0 Å². The van der Waals surface area contributed by atoms with Crippen molar-refractivity contribution in [1.82, 2.24) is 4.90 Å². The van der Waals surface area contributed by atoms with Crippen LogP contribution in [0.15, 0.2) is 0 Å². The van der Waals surface area contributed by atoms with Crippen molar-refractivity contribution >= 4 is 5.97 Å². The Morgan fingerprint density at radius 3 is 1.83 bits per heavy atom. The van der Waals surface area contributed by atoms with E-state index in [4.69, 9.17) is 0 Å². The van der Waals surface area contributed by atoms with Gasteiger partial charge in [0, 0.05) is 6.04 Å². The second-order valence-corrected chi connectivity index (χ2v) is 7.35. The maximum atomic E-state index is 11.3. The highest BCUT2D eigenvalue weighted by Gasteiger charge is 2.39. The van der Waals surface area contributed by atoms with E-state index in [2.05, 4.69) is 20.8 Å². The molecule has 0 saturated heterocycles. The van der Waals surface area contributed by atoms with Gasteiger partial charge >= 0.3 is 5.97 Å². The third-order valence-corrected chi connectivity index (χ3v) is 4.87. The predicted molar refractivity (Wildman–Crippen MR) is 74.7 cm³/mol. The number of hydrogen-bond donors (Lipinski definition) is 1. The number of aliphatic carboxylic acids is 1. The van der Waals surface area contributed by atoms with E-state index in [9.17, 15) is 9.90 Å². The van der Waals surface area contributed by atoms with E-state index in [1.807, 2.05) is 11.9 Å². The van der Waals surface area contributed by atoms with Crippen LogP contribution in [0.1, 0.15) is 60.3 Å². The summed E-state index contributed by atoms with van der Waals surface area (Å²) in [6, 6.07) is 0.412. The van der Waals surface area contributed by atoms with E-state index >= 15 is 0 Å². The van der Waals surface area contributed by atoms with Gasteiger partial charge in [0.25, 0.3) is 0 Å². The van der Waals surface area contributed by atoms with Gasteiger partial charge in [0.1, 0.15) is 5.54 Å². The van der Waals surface area contributed by atoms with Crippen LogP contribution in [-0.4, -0.2) is 34.6 Å². The summed E-state index contributed by atoms with van der Waals surface area (Å²) in [5, 5.41) is 9.28. The van der Waals surface area contributed by atoms with Gasteiger partial charge in [-0.15, -0.1) is 0 Å². The summed E-state index contributed by atoms with van der Waals surface area (Å²) in [5.41, 5.74) is -0.384. The van der Waals surface area contributed by atoms with E-state index < -0.39 is 11.5 Å². The van der Waals surface area contributed by atoms with Crippen LogP contribution in [0.2, 0.25) is 0 Å². The molecular weight excluding hydrogens is 226 g/mol. The maximum Gasteiger partial charge on any atom is 0.323 e. The third-order valence-electron chi connectivity index (χ3n) is 4.87. The van der Waals surface area contributed by atoms with Crippen molar-refractivity contribution in [2.24, 2.45) is 11.3 Å². The van der Waals surface area contributed by atoms with E-state index in [0.717, 1.165) is 18.8 Å². The maximum absolute atomic E-state index is 11.3.